The molecule has 0 aromatic carbocycles. The molecule has 0 aliphatic heterocycles. The van der Waals surface area contributed by atoms with Crippen molar-refractivity contribution in [3.8, 4) is 0 Å². The van der Waals surface area contributed by atoms with Crippen molar-refractivity contribution in [1.29, 1.82) is 0 Å². The van der Waals surface area contributed by atoms with Crippen LogP contribution in [0.5, 0.6) is 0 Å². The Hall–Kier alpha value is 0.124. The molecule has 2 heteroatoms. The third kappa shape index (κ3) is 6.00. The SMILES string of the molecule is C=C/C=C(\C=C)[N-]C.[Y]. The third-order valence-corrected chi connectivity index (χ3v) is 0.756. The molecule has 0 aliphatic rings. The molecule has 0 fully saturated rings. The third-order valence-electron chi connectivity index (χ3n) is 0.756. The van der Waals surface area contributed by atoms with Crippen LogP contribution in [0, 0.1) is 0 Å². The number of allylic oxidation sites excluding steroid dienone is 3. The number of hydrogen-bond acceptors (Lipinski definition) is 0. The quantitative estimate of drug-likeness (QED) is 0.616. The van der Waals surface area contributed by atoms with E-state index in [1.54, 1.807) is 25.3 Å². The molecule has 0 aliphatic carbocycles. The summed E-state index contributed by atoms with van der Waals surface area (Å²) >= 11 is 0. The first-order valence-corrected chi connectivity index (χ1v) is 2.40. The largest absolute Gasteiger partial charge is 0.687 e. The fourth-order valence-electron chi connectivity index (χ4n) is 0.355. The molecule has 0 heterocycles. The van der Waals surface area contributed by atoms with Crippen molar-refractivity contribution in [2.75, 3.05) is 7.05 Å². The van der Waals surface area contributed by atoms with Gasteiger partial charge in [-0.25, -0.2) is 0 Å². The predicted molar refractivity (Wildman–Crippen MR) is 37.8 cm³/mol. The molecule has 0 spiro atoms. The maximum atomic E-state index is 3.87. The maximum Gasteiger partial charge on any atom is 0 e. The van der Waals surface area contributed by atoms with Gasteiger partial charge in [-0.05, 0) is 0 Å². The Labute approximate surface area is 81.8 Å². The van der Waals surface area contributed by atoms with Crippen molar-refractivity contribution in [3.05, 3.63) is 42.4 Å². The summed E-state index contributed by atoms with van der Waals surface area (Å²) in [5.74, 6) is 0. The van der Waals surface area contributed by atoms with Crippen LogP contribution in [0.3, 0.4) is 0 Å². The molecule has 0 N–H and O–H groups in total. The Morgan fingerprint density at radius 3 is 2.11 bits per heavy atom. The van der Waals surface area contributed by atoms with Crippen LogP contribution < -0.4 is 0 Å². The van der Waals surface area contributed by atoms with Crippen molar-refractivity contribution in [2.24, 2.45) is 0 Å². The topological polar surface area (TPSA) is 14.1 Å². The summed E-state index contributed by atoms with van der Waals surface area (Å²) in [6, 6.07) is 0. The van der Waals surface area contributed by atoms with E-state index in [1.165, 1.54) is 0 Å². The van der Waals surface area contributed by atoms with Crippen LogP contribution in [0.1, 0.15) is 0 Å². The molecule has 0 saturated carbocycles. The zero-order valence-electron chi connectivity index (χ0n) is 5.67. The molecule has 1 radical (unpaired) electrons. The Bertz CT molecular complexity index is 116. The van der Waals surface area contributed by atoms with E-state index in [0.29, 0.717) is 0 Å². The van der Waals surface area contributed by atoms with E-state index in [0.717, 1.165) is 5.70 Å². The first kappa shape index (κ1) is 11.9. The zero-order chi connectivity index (χ0) is 6.41. The number of rotatable bonds is 3. The van der Waals surface area contributed by atoms with Crippen LogP contribution in [-0.4, -0.2) is 7.05 Å². The molecule has 0 atom stereocenters. The van der Waals surface area contributed by atoms with Gasteiger partial charge in [-0.15, -0.1) is 19.3 Å². The minimum Gasteiger partial charge on any atom is -0.687 e. The Balaban J connectivity index is 0. The average Bonchev–Trinajstić information content (AvgIpc) is 1.83. The van der Waals surface area contributed by atoms with Crippen molar-refractivity contribution in [1.82, 2.24) is 0 Å². The van der Waals surface area contributed by atoms with E-state index in [2.05, 4.69) is 18.5 Å². The molecule has 0 bridgehead atoms. The summed E-state index contributed by atoms with van der Waals surface area (Å²) in [6.45, 7) is 7.05. The normalized spacial score (nSPS) is 9.22. The van der Waals surface area contributed by atoms with E-state index in [1.807, 2.05) is 0 Å². The van der Waals surface area contributed by atoms with E-state index in [-0.39, 0.29) is 32.7 Å². The van der Waals surface area contributed by atoms with E-state index < -0.39 is 0 Å². The second-order valence-electron chi connectivity index (χ2n) is 1.25. The van der Waals surface area contributed by atoms with Crippen LogP contribution in [0.2, 0.25) is 0 Å². The van der Waals surface area contributed by atoms with Crippen LogP contribution in [0.25, 0.3) is 5.32 Å². The Morgan fingerprint density at radius 1 is 1.44 bits per heavy atom. The van der Waals surface area contributed by atoms with Crippen molar-refractivity contribution < 1.29 is 32.7 Å². The molecule has 0 aromatic rings. The minimum atomic E-state index is 0. The van der Waals surface area contributed by atoms with Gasteiger partial charge in [-0.2, -0.15) is 0 Å². The number of nitrogens with zero attached hydrogens (tertiary/aromatic N) is 1. The van der Waals surface area contributed by atoms with E-state index in [4.69, 9.17) is 0 Å². The summed E-state index contributed by atoms with van der Waals surface area (Å²) in [7, 11) is 1.72. The minimum absolute atomic E-state index is 0. The standard InChI is InChI=1S/C7H10N.Y/c1-4-6-7(5-2)8-3;/h4-6H,1-2H2,3H3;/q-1;/b7-6+;. The molecular weight excluding hydrogens is 187 g/mol. The fraction of sp³-hybridized carbons (Fsp3) is 0.143. The molecule has 0 rings (SSSR count). The fourth-order valence-corrected chi connectivity index (χ4v) is 0.355. The molecule has 0 aromatic heterocycles. The average molecular weight is 197 g/mol. The zero-order valence-corrected chi connectivity index (χ0v) is 8.51. The first-order valence-electron chi connectivity index (χ1n) is 2.40. The van der Waals surface area contributed by atoms with Gasteiger partial charge in [0.1, 0.15) is 0 Å². The van der Waals surface area contributed by atoms with E-state index in [9.17, 15) is 0 Å². The van der Waals surface area contributed by atoms with Crippen LogP contribution in [0.4, 0.5) is 0 Å². The maximum absolute atomic E-state index is 3.87. The molecule has 1 nitrogen and oxygen atoms in total. The molecule has 0 saturated heterocycles. The van der Waals surface area contributed by atoms with Gasteiger partial charge in [-0.1, -0.05) is 24.8 Å². The summed E-state index contributed by atoms with van der Waals surface area (Å²) < 4.78 is 0. The number of hydrogen-bond donors (Lipinski definition) is 0. The Morgan fingerprint density at radius 2 is 2.00 bits per heavy atom. The summed E-state index contributed by atoms with van der Waals surface area (Å²) in [6.07, 6.45) is 5.17. The summed E-state index contributed by atoms with van der Waals surface area (Å²) in [5, 5.41) is 3.87. The van der Waals surface area contributed by atoms with Crippen LogP contribution in [-0.2, 0) is 32.7 Å². The van der Waals surface area contributed by atoms with Gasteiger partial charge in [0.25, 0.3) is 0 Å². The van der Waals surface area contributed by atoms with E-state index >= 15 is 0 Å². The number of likely N-dealkylation sites (N-methyl/N-ethyl adjacent to an activating group) is 1. The second kappa shape index (κ2) is 8.12. The predicted octanol–water partition coefficient (Wildman–Crippen LogP) is 2.24. The first-order chi connectivity index (χ1) is 3.85. The van der Waals surface area contributed by atoms with Crippen molar-refractivity contribution in [2.45, 2.75) is 0 Å². The van der Waals surface area contributed by atoms with Gasteiger partial charge in [0.15, 0.2) is 0 Å². The monoisotopic (exact) mass is 197 g/mol. The van der Waals surface area contributed by atoms with Gasteiger partial charge in [0, 0.05) is 32.7 Å². The molecular formula is C7H10NY-. The molecule has 47 valence electrons. The summed E-state index contributed by atoms with van der Waals surface area (Å²) in [4.78, 5) is 0. The van der Waals surface area contributed by atoms with Gasteiger partial charge < -0.3 is 5.32 Å². The van der Waals surface area contributed by atoms with Gasteiger partial charge in [0.05, 0.1) is 0 Å². The van der Waals surface area contributed by atoms with Gasteiger partial charge >= 0.3 is 0 Å². The van der Waals surface area contributed by atoms with Crippen molar-refractivity contribution >= 4 is 0 Å². The van der Waals surface area contributed by atoms with Gasteiger partial charge in [0.2, 0.25) is 0 Å². The molecule has 0 amide bonds. The molecule has 9 heavy (non-hydrogen) atoms. The smallest absolute Gasteiger partial charge is 0 e. The van der Waals surface area contributed by atoms with Crippen LogP contribution >= 0.6 is 0 Å². The second-order valence-corrected chi connectivity index (χ2v) is 1.25. The molecule has 0 unspecified atom stereocenters. The van der Waals surface area contributed by atoms with Gasteiger partial charge in [-0.3, -0.25) is 0 Å². The van der Waals surface area contributed by atoms with Crippen molar-refractivity contribution in [3.63, 3.8) is 0 Å². The summed E-state index contributed by atoms with van der Waals surface area (Å²) in [5.41, 5.74) is 0.861. The van der Waals surface area contributed by atoms with Crippen LogP contribution in [0.15, 0.2) is 37.1 Å². The Kier molecular flexibility index (Phi) is 10.7.